The lowest BCUT2D eigenvalue weighted by Gasteiger charge is -2.05. The number of hydrogen-bond donors (Lipinski definition) is 2. The Morgan fingerprint density at radius 1 is 1.38 bits per heavy atom. The number of aryl methyl sites for hydroxylation is 2. The summed E-state index contributed by atoms with van der Waals surface area (Å²) in [4.78, 5) is 12.3. The number of rotatable bonds is 3. The number of aromatic nitrogens is 1. The van der Waals surface area contributed by atoms with E-state index in [1.807, 2.05) is 19.1 Å². The monoisotopic (exact) mass is 284 g/mol. The highest BCUT2D eigenvalue weighted by Crippen LogP contribution is 2.15. The topological polar surface area (TPSA) is 75.4 Å². The fourth-order valence-electron chi connectivity index (χ4n) is 1.77. The first-order chi connectivity index (χ1) is 10.1. The number of nitrogens with zero attached hydrogens (tertiary/aromatic N) is 1. The third kappa shape index (κ3) is 3.94. The lowest BCUT2D eigenvalue weighted by molar-refractivity contribution is 0.102. The second kappa shape index (κ2) is 6.73. The second-order valence-electron chi connectivity index (χ2n) is 4.61. The summed E-state index contributed by atoms with van der Waals surface area (Å²) in [5.74, 6) is 5.73. The number of aliphatic hydroxyl groups is 1. The summed E-state index contributed by atoms with van der Waals surface area (Å²) in [6, 6.07) is 7.04. The molecule has 0 saturated heterocycles. The van der Waals surface area contributed by atoms with Gasteiger partial charge < -0.3 is 9.63 Å². The molecule has 5 nitrogen and oxygen atoms in total. The number of benzene rings is 1. The predicted molar refractivity (Wildman–Crippen MR) is 79.0 cm³/mol. The van der Waals surface area contributed by atoms with E-state index >= 15 is 0 Å². The molecule has 1 aromatic heterocycles. The highest BCUT2D eigenvalue weighted by Gasteiger charge is 2.12. The molecule has 5 heteroatoms. The molecule has 0 atom stereocenters. The van der Waals surface area contributed by atoms with Crippen molar-refractivity contribution < 1.29 is 14.4 Å². The molecule has 0 unspecified atom stereocenters. The van der Waals surface area contributed by atoms with Gasteiger partial charge in [-0.15, -0.1) is 0 Å². The molecule has 0 aliphatic rings. The Kier molecular flexibility index (Phi) is 4.75. The van der Waals surface area contributed by atoms with Crippen LogP contribution in [-0.4, -0.2) is 22.8 Å². The summed E-state index contributed by atoms with van der Waals surface area (Å²) in [5.41, 5.74) is 2.78. The zero-order valence-electron chi connectivity index (χ0n) is 11.9. The van der Waals surface area contributed by atoms with Crippen molar-refractivity contribution in [3.05, 3.63) is 46.6 Å². The summed E-state index contributed by atoms with van der Waals surface area (Å²) in [5, 5.41) is 15.1. The minimum absolute atomic E-state index is 0.00229. The summed E-state index contributed by atoms with van der Waals surface area (Å²) in [6.07, 6.45) is 0.371. The first kappa shape index (κ1) is 14.8. The van der Waals surface area contributed by atoms with Crippen molar-refractivity contribution in [2.45, 2.75) is 20.3 Å². The van der Waals surface area contributed by atoms with E-state index in [9.17, 15) is 4.79 Å². The Morgan fingerprint density at radius 3 is 2.86 bits per heavy atom. The molecule has 108 valence electrons. The highest BCUT2D eigenvalue weighted by molar-refractivity contribution is 6.05. The van der Waals surface area contributed by atoms with Gasteiger partial charge in [-0.3, -0.25) is 10.1 Å². The standard InChI is InChI=1S/C16H16N2O3/c1-11-6-7-14(13(9-11)5-3-4-8-19)16(20)17-15-10-12(2)18-21-15/h6-7,9-10,19H,4,8H2,1-2H3,(H,17,20). The van der Waals surface area contributed by atoms with Gasteiger partial charge in [-0.05, 0) is 31.5 Å². The molecule has 2 aromatic rings. The maximum Gasteiger partial charge on any atom is 0.259 e. The van der Waals surface area contributed by atoms with Gasteiger partial charge >= 0.3 is 0 Å². The molecule has 2 rings (SSSR count). The van der Waals surface area contributed by atoms with Gasteiger partial charge in [0.25, 0.3) is 5.91 Å². The lowest BCUT2D eigenvalue weighted by atomic mass is 10.0. The van der Waals surface area contributed by atoms with Crippen molar-refractivity contribution in [2.24, 2.45) is 0 Å². The quantitative estimate of drug-likeness (QED) is 0.848. The molecule has 0 saturated carbocycles. The average Bonchev–Trinajstić information content (AvgIpc) is 2.84. The molecular weight excluding hydrogens is 268 g/mol. The van der Waals surface area contributed by atoms with E-state index in [-0.39, 0.29) is 12.5 Å². The van der Waals surface area contributed by atoms with E-state index in [0.29, 0.717) is 29.1 Å². The van der Waals surface area contributed by atoms with Gasteiger partial charge in [0, 0.05) is 18.1 Å². The fraction of sp³-hybridized carbons (Fsp3) is 0.250. The van der Waals surface area contributed by atoms with E-state index in [4.69, 9.17) is 9.63 Å². The van der Waals surface area contributed by atoms with Crippen LogP contribution in [0.25, 0.3) is 0 Å². The molecule has 2 N–H and O–H groups in total. The van der Waals surface area contributed by atoms with E-state index in [2.05, 4.69) is 22.3 Å². The van der Waals surface area contributed by atoms with Crippen molar-refractivity contribution in [1.29, 1.82) is 0 Å². The molecule has 0 spiro atoms. The van der Waals surface area contributed by atoms with Crippen LogP contribution < -0.4 is 5.32 Å². The Morgan fingerprint density at radius 2 is 2.19 bits per heavy atom. The average molecular weight is 284 g/mol. The fourth-order valence-corrected chi connectivity index (χ4v) is 1.77. The predicted octanol–water partition coefficient (Wildman–Crippen LogP) is 2.28. The maximum atomic E-state index is 12.3. The Bertz CT molecular complexity index is 708. The molecular formula is C16H16N2O3. The third-order valence-corrected chi connectivity index (χ3v) is 2.74. The molecule has 0 radical (unpaired) electrons. The summed E-state index contributed by atoms with van der Waals surface area (Å²) < 4.78 is 4.97. The zero-order chi connectivity index (χ0) is 15.2. The normalized spacial score (nSPS) is 9.86. The Hall–Kier alpha value is -2.58. The van der Waals surface area contributed by atoms with Crippen molar-refractivity contribution >= 4 is 11.8 Å². The van der Waals surface area contributed by atoms with E-state index in [1.165, 1.54) is 0 Å². The first-order valence-corrected chi connectivity index (χ1v) is 6.55. The van der Waals surface area contributed by atoms with E-state index < -0.39 is 0 Å². The van der Waals surface area contributed by atoms with Crippen LogP contribution in [0.2, 0.25) is 0 Å². The van der Waals surface area contributed by atoms with Crippen LogP contribution in [-0.2, 0) is 0 Å². The number of hydrogen-bond acceptors (Lipinski definition) is 4. The SMILES string of the molecule is Cc1ccc(C(=O)Nc2cc(C)no2)c(C#CCCO)c1. The number of amides is 1. The molecule has 1 aromatic carbocycles. The molecule has 21 heavy (non-hydrogen) atoms. The molecule has 0 fully saturated rings. The van der Waals surface area contributed by atoms with E-state index in [0.717, 1.165) is 5.56 Å². The maximum absolute atomic E-state index is 12.3. The van der Waals surface area contributed by atoms with Gasteiger partial charge in [-0.2, -0.15) is 0 Å². The highest BCUT2D eigenvalue weighted by atomic mass is 16.5. The Labute approximate surface area is 123 Å². The van der Waals surface area contributed by atoms with Crippen molar-refractivity contribution in [1.82, 2.24) is 5.16 Å². The van der Waals surface area contributed by atoms with Crippen LogP contribution in [0.15, 0.2) is 28.8 Å². The second-order valence-corrected chi connectivity index (χ2v) is 4.61. The van der Waals surface area contributed by atoms with Crippen LogP contribution in [0.4, 0.5) is 5.88 Å². The lowest BCUT2D eigenvalue weighted by Crippen LogP contribution is -2.13. The molecule has 1 heterocycles. The minimum Gasteiger partial charge on any atom is -0.395 e. The number of carbonyl (C=O) groups is 1. The van der Waals surface area contributed by atoms with Gasteiger partial charge in [0.05, 0.1) is 17.9 Å². The number of anilines is 1. The van der Waals surface area contributed by atoms with Gasteiger partial charge in [0.15, 0.2) is 0 Å². The summed E-state index contributed by atoms with van der Waals surface area (Å²) in [7, 11) is 0. The van der Waals surface area contributed by atoms with Crippen molar-refractivity contribution in [3.8, 4) is 11.8 Å². The largest absolute Gasteiger partial charge is 0.395 e. The number of nitrogens with one attached hydrogen (secondary N) is 1. The van der Waals surface area contributed by atoms with Gasteiger partial charge in [-0.25, -0.2) is 0 Å². The third-order valence-electron chi connectivity index (χ3n) is 2.74. The molecule has 0 bridgehead atoms. The molecule has 1 amide bonds. The summed E-state index contributed by atoms with van der Waals surface area (Å²) >= 11 is 0. The van der Waals surface area contributed by atoms with Gasteiger partial charge in [0.2, 0.25) is 5.88 Å². The number of aliphatic hydroxyl groups excluding tert-OH is 1. The molecule has 0 aliphatic heterocycles. The van der Waals surface area contributed by atoms with Crippen molar-refractivity contribution in [2.75, 3.05) is 11.9 Å². The smallest absolute Gasteiger partial charge is 0.259 e. The van der Waals surface area contributed by atoms with Crippen LogP contribution in [0.3, 0.4) is 0 Å². The number of carbonyl (C=O) groups excluding carboxylic acids is 1. The van der Waals surface area contributed by atoms with Crippen LogP contribution >= 0.6 is 0 Å². The first-order valence-electron chi connectivity index (χ1n) is 6.55. The minimum atomic E-state index is -0.306. The molecule has 0 aliphatic carbocycles. The van der Waals surface area contributed by atoms with E-state index in [1.54, 1.807) is 19.1 Å². The van der Waals surface area contributed by atoms with Gasteiger partial charge in [-0.1, -0.05) is 23.1 Å². The Balaban J connectivity index is 2.26. The summed E-state index contributed by atoms with van der Waals surface area (Å²) in [6.45, 7) is 3.70. The van der Waals surface area contributed by atoms with Crippen molar-refractivity contribution in [3.63, 3.8) is 0 Å². The van der Waals surface area contributed by atoms with Crippen LogP contribution in [0.1, 0.15) is 33.6 Å². The van der Waals surface area contributed by atoms with Crippen LogP contribution in [0.5, 0.6) is 0 Å². The van der Waals surface area contributed by atoms with Crippen LogP contribution in [0, 0.1) is 25.7 Å². The zero-order valence-corrected chi connectivity index (χ0v) is 11.9. The van der Waals surface area contributed by atoms with Gasteiger partial charge in [0.1, 0.15) is 0 Å².